The predicted molar refractivity (Wildman–Crippen MR) is 175 cm³/mol. The van der Waals surface area contributed by atoms with Crippen LogP contribution in [0, 0.1) is 0 Å². The second-order valence-electron chi connectivity index (χ2n) is 10.5. The van der Waals surface area contributed by atoms with Gasteiger partial charge in [-0.3, -0.25) is 0 Å². The second-order valence-corrected chi connectivity index (χ2v) is 13.0. The molecule has 0 fully saturated rings. The summed E-state index contributed by atoms with van der Waals surface area (Å²) in [6.45, 7) is 0. The first-order valence-electron chi connectivity index (χ1n) is 13.5. The number of hydrogen-bond donors (Lipinski definition) is 0. The molecule has 0 N–H and O–H groups in total. The molecule has 2 aromatic heterocycles. The molecule has 0 amide bonds. The first kappa shape index (κ1) is 22.8. The lowest BCUT2D eigenvalue weighted by Crippen LogP contribution is -2.28. The van der Waals surface area contributed by atoms with Crippen molar-refractivity contribution >= 4 is 74.6 Å². The molecule has 40 heavy (non-hydrogen) atoms. The number of fused-ring (bicyclic) bond motifs is 11. The van der Waals surface area contributed by atoms with Crippen LogP contribution in [-0.4, -0.2) is 0 Å². The molecule has 0 saturated heterocycles. The van der Waals surface area contributed by atoms with E-state index in [0.29, 0.717) is 0 Å². The third-order valence-corrected chi connectivity index (χ3v) is 11.3. The van der Waals surface area contributed by atoms with Crippen molar-refractivity contribution in [3.8, 4) is 11.1 Å². The highest BCUT2D eigenvalue weighted by molar-refractivity contribution is 7.27. The Morgan fingerprint density at radius 2 is 1.02 bits per heavy atom. The number of halogens is 1. The third kappa shape index (κ3) is 2.81. The highest BCUT2D eigenvalue weighted by Gasteiger charge is 2.48. The summed E-state index contributed by atoms with van der Waals surface area (Å²) < 4.78 is 5.24. The van der Waals surface area contributed by atoms with Crippen LogP contribution < -0.4 is 0 Å². The van der Waals surface area contributed by atoms with Gasteiger partial charge in [0, 0.05) is 51.5 Å². The summed E-state index contributed by atoms with van der Waals surface area (Å²) in [5, 5.41) is 5.87. The van der Waals surface area contributed by atoms with Crippen LogP contribution in [0.3, 0.4) is 0 Å². The summed E-state index contributed by atoms with van der Waals surface area (Å²) in [7, 11) is 0. The Labute approximate surface area is 244 Å². The Hall–Kier alpha value is -3.95. The zero-order valence-electron chi connectivity index (χ0n) is 21.3. The molecule has 0 spiro atoms. The Bertz CT molecular complexity index is 2230. The molecule has 0 saturated carbocycles. The summed E-state index contributed by atoms with van der Waals surface area (Å²) in [4.78, 5) is 0. The monoisotopic (exact) mass is 564 g/mol. The minimum absolute atomic E-state index is 0.481. The van der Waals surface area contributed by atoms with Crippen molar-refractivity contribution in [3.63, 3.8) is 0 Å². The Kier molecular flexibility index (Phi) is 4.73. The van der Waals surface area contributed by atoms with E-state index in [4.69, 9.17) is 11.6 Å². The molecule has 0 aliphatic heterocycles. The van der Waals surface area contributed by atoms with Gasteiger partial charge in [0.1, 0.15) is 0 Å². The topological polar surface area (TPSA) is 0 Å². The molecule has 8 aromatic rings. The van der Waals surface area contributed by atoms with Crippen molar-refractivity contribution in [1.29, 1.82) is 0 Å². The van der Waals surface area contributed by atoms with Gasteiger partial charge in [0.05, 0.1) is 10.4 Å². The molecule has 1 aliphatic rings. The van der Waals surface area contributed by atoms with Gasteiger partial charge in [0.15, 0.2) is 0 Å². The molecule has 188 valence electrons. The van der Waals surface area contributed by atoms with Crippen LogP contribution in [0.5, 0.6) is 0 Å². The van der Waals surface area contributed by atoms with Crippen molar-refractivity contribution in [2.75, 3.05) is 0 Å². The lowest BCUT2D eigenvalue weighted by atomic mass is 9.67. The molecular weight excluding hydrogens is 544 g/mol. The highest BCUT2D eigenvalue weighted by atomic mass is 35.5. The van der Waals surface area contributed by atoms with E-state index in [-0.39, 0.29) is 0 Å². The van der Waals surface area contributed by atoms with Gasteiger partial charge in [-0.1, -0.05) is 121 Å². The molecular formula is C37H21ClS2. The van der Waals surface area contributed by atoms with Gasteiger partial charge < -0.3 is 0 Å². The van der Waals surface area contributed by atoms with Crippen LogP contribution in [0.15, 0.2) is 127 Å². The quantitative estimate of drug-likeness (QED) is 0.196. The van der Waals surface area contributed by atoms with E-state index in [0.717, 1.165) is 5.02 Å². The third-order valence-electron chi connectivity index (χ3n) is 8.62. The molecule has 3 heteroatoms. The molecule has 0 radical (unpaired) electrons. The molecule has 1 aliphatic carbocycles. The van der Waals surface area contributed by atoms with Crippen molar-refractivity contribution in [1.82, 2.24) is 0 Å². The first-order valence-corrected chi connectivity index (χ1v) is 15.5. The minimum atomic E-state index is -0.481. The first-order chi connectivity index (χ1) is 19.8. The fraction of sp³-hybridized carbons (Fsp3) is 0.0270. The van der Waals surface area contributed by atoms with E-state index in [2.05, 4.69) is 127 Å². The number of rotatable bonds is 2. The van der Waals surface area contributed by atoms with Crippen LogP contribution in [-0.2, 0) is 5.41 Å². The van der Waals surface area contributed by atoms with Crippen molar-refractivity contribution in [2.45, 2.75) is 5.41 Å². The largest absolute Gasteiger partial charge is 0.135 e. The summed E-state index contributed by atoms with van der Waals surface area (Å²) in [5.74, 6) is 0. The van der Waals surface area contributed by atoms with Gasteiger partial charge in [-0.2, -0.15) is 0 Å². The Morgan fingerprint density at radius 1 is 0.475 bits per heavy atom. The molecule has 0 nitrogen and oxygen atoms in total. The molecule has 6 aromatic carbocycles. The van der Waals surface area contributed by atoms with E-state index < -0.39 is 5.41 Å². The van der Waals surface area contributed by atoms with Crippen LogP contribution >= 0.6 is 34.3 Å². The molecule has 9 rings (SSSR count). The normalized spacial score (nSPS) is 13.8. The van der Waals surface area contributed by atoms with E-state index >= 15 is 0 Å². The lowest BCUT2D eigenvalue weighted by molar-refractivity contribution is 0.770. The van der Waals surface area contributed by atoms with Crippen LogP contribution in [0.4, 0.5) is 0 Å². The van der Waals surface area contributed by atoms with Gasteiger partial charge in [0.25, 0.3) is 0 Å². The maximum absolute atomic E-state index is 7.30. The zero-order chi connectivity index (χ0) is 26.4. The van der Waals surface area contributed by atoms with E-state index in [1.807, 2.05) is 22.7 Å². The zero-order valence-corrected chi connectivity index (χ0v) is 23.7. The van der Waals surface area contributed by atoms with E-state index in [1.54, 1.807) is 0 Å². The fourth-order valence-electron chi connectivity index (χ4n) is 7.06. The Morgan fingerprint density at radius 3 is 1.73 bits per heavy atom. The second kappa shape index (κ2) is 8.28. The van der Waals surface area contributed by atoms with Crippen LogP contribution in [0.25, 0.3) is 51.5 Å². The molecule has 0 unspecified atom stereocenters. The van der Waals surface area contributed by atoms with Gasteiger partial charge in [-0.15, -0.1) is 22.7 Å². The SMILES string of the molecule is Clc1cc2c(c3sc4ccccc4c13)-c1c(ccc3c1sc1ccccc13)C2(c1ccccc1)c1ccccc1. The van der Waals surface area contributed by atoms with Crippen molar-refractivity contribution in [2.24, 2.45) is 0 Å². The fourth-order valence-corrected chi connectivity index (χ4v) is 9.96. The van der Waals surface area contributed by atoms with E-state index in [1.165, 1.54) is 73.7 Å². The van der Waals surface area contributed by atoms with Crippen LogP contribution in [0.1, 0.15) is 22.3 Å². The maximum Gasteiger partial charge on any atom is 0.0715 e. The van der Waals surface area contributed by atoms with Gasteiger partial charge in [-0.05, 0) is 40.5 Å². The summed E-state index contributed by atoms with van der Waals surface area (Å²) in [6.07, 6.45) is 0. The Balaban J connectivity index is 1.57. The number of thiophene rings is 2. The smallest absolute Gasteiger partial charge is 0.0715 e. The van der Waals surface area contributed by atoms with Gasteiger partial charge >= 0.3 is 0 Å². The van der Waals surface area contributed by atoms with Gasteiger partial charge in [0.2, 0.25) is 0 Å². The summed E-state index contributed by atoms with van der Waals surface area (Å²) in [5.41, 5.74) is 7.34. The van der Waals surface area contributed by atoms with Crippen molar-refractivity contribution < 1.29 is 0 Å². The standard InChI is InChI=1S/C37H21ClS2/c38-29-21-28-34(36-32(29)26-16-8-10-18-31(26)40-36)33-27(20-19-25-24-15-7-9-17-30(24)39-35(25)33)37(28,22-11-3-1-4-12-22)23-13-5-2-6-14-23/h1-21H. The number of hydrogen-bond acceptors (Lipinski definition) is 2. The lowest BCUT2D eigenvalue weighted by Gasteiger charge is -2.34. The summed E-state index contributed by atoms with van der Waals surface area (Å²) in [6, 6.07) is 46.5. The average Bonchev–Trinajstić information content (AvgIpc) is 3.66. The summed E-state index contributed by atoms with van der Waals surface area (Å²) >= 11 is 11.1. The van der Waals surface area contributed by atoms with Crippen LogP contribution in [0.2, 0.25) is 5.02 Å². The molecule has 0 atom stereocenters. The number of benzene rings is 6. The predicted octanol–water partition coefficient (Wildman–Crippen LogP) is 11.4. The van der Waals surface area contributed by atoms with E-state index in [9.17, 15) is 0 Å². The molecule has 2 heterocycles. The van der Waals surface area contributed by atoms with Crippen molar-refractivity contribution in [3.05, 3.63) is 155 Å². The highest BCUT2D eigenvalue weighted by Crippen LogP contribution is 2.62. The minimum Gasteiger partial charge on any atom is -0.135 e. The van der Waals surface area contributed by atoms with Gasteiger partial charge in [-0.25, -0.2) is 0 Å². The average molecular weight is 565 g/mol. The maximum atomic E-state index is 7.30. The molecule has 0 bridgehead atoms.